The van der Waals surface area contributed by atoms with Crippen LogP contribution in [-0.2, 0) is 21.2 Å². The summed E-state index contributed by atoms with van der Waals surface area (Å²) < 4.78 is 23.0. The number of thioether (sulfide) groups is 1. The number of benzene rings is 2. The number of rotatable bonds is 4. The van der Waals surface area contributed by atoms with Gasteiger partial charge < -0.3 is 4.90 Å². The summed E-state index contributed by atoms with van der Waals surface area (Å²) >= 11 is 7.51. The summed E-state index contributed by atoms with van der Waals surface area (Å²) in [6.45, 7) is 1.94. The average molecular weight is 397 g/mol. The molecule has 0 radical (unpaired) electrons. The predicted octanol–water partition coefficient (Wildman–Crippen LogP) is 3.06. The minimum Gasteiger partial charge on any atom is -0.308 e. The Labute approximate surface area is 156 Å². The number of fused-ring (bicyclic) bond motifs is 1. The Morgan fingerprint density at radius 3 is 2.72 bits per heavy atom. The second kappa shape index (κ2) is 6.99. The first-order chi connectivity index (χ1) is 11.8. The van der Waals surface area contributed by atoms with Crippen molar-refractivity contribution < 1.29 is 13.2 Å². The lowest BCUT2D eigenvalue weighted by molar-refractivity contribution is -0.116. The van der Waals surface area contributed by atoms with Crippen molar-refractivity contribution in [1.82, 2.24) is 0 Å². The zero-order valence-corrected chi connectivity index (χ0v) is 15.9. The standard InChI is InChI=1S/C17H17ClN2O3S2/c1-11-8-12-9-13(25(19,22)23)6-7-15(12)20(11)17(21)10-24-16-5-3-2-4-14(16)18/h2-7,9,11H,8,10H2,1H3,(H2,19,22,23). The maximum atomic E-state index is 12.7. The molecule has 1 aliphatic heterocycles. The first-order valence-corrected chi connectivity index (χ1v) is 10.5. The molecule has 132 valence electrons. The number of primary sulfonamides is 1. The Morgan fingerprint density at radius 2 is 2.04 bits per heavy atom. The molecule has 1 aliphatic rings. The number of hydrogen-bond acceptors (Lipinski definition) is 4. The topological polar surface area (TPSA) is 80.5 Å². The van der Waals surface area contributed by atoms with E-state index in [1.807, 2.05) is 25.1 Å². The van der Waals surface area contributed by atoms with E-state index in [0.717, 1.165) is 16.1 Å². The molecule has 3 rings (SSSR count). The van der Waals surface area contributed by atoms with Crippen molar-refractivity contribution in [2.75, 3.05) is 10.7 Å². The molecule has 5 nitrogen and oxygen atoms in total. The highest BCUT2D eigenvalue weighted by atomic mass is 35.5. The Hall–Kier alpha value is -1.54. The SMILES string of the molecule is CC1Cc2cc(S(N)(=O)=O)ccc2N1C(=O)CSc1ccccc1Cl. The van der Waals surface area contributed by atoms with E-state index in [0.29, 0.717) is 11.4 Å². The third kappa shape index (κ3) is 3.84. The molecule has 1 unspecified atom stereocenters. The molecule has 0 aliphatic carbocycles. The molecule has 0 saturated heterocycles. The van der Waals surface area contributed by atoms with E-state index in [1.165, 1.54) is 17.8 Å². The van der Waals surface area contributed by atoms with Gasteiger partial charge >= 0.3 is 0 Å². The van der Waals surface area contributed by atoms with Gasteiger partial charge in [-0.05, 0) is 49.2 Å². The fraction of sp³-hybridized carbons (Fsp3) is 0.235. The maximum absolute atomic E-state index is 12.7. The summed E-state index contributed by atoms with van der Waals surface area (Å²) in [6, 6.07) is 12.0. The second-order valence-electron chi connectivity index (χ2n) is 5.87. The summed E-state index contributed by atoms with van der Waals surface area (Å²) in [7, 11) is -3.75. The molecule has 2 N–H and O–H groups in total. The molecule has 0 saturated carbocycles. The van der Waals surface area contributed by atoms with Crippen LogP contribution < -0.4 is 10.0 Å². The Balaban J connectivity index is 1.80. The van der Waals surface area contributed by atoms with Crippen LogP contribution in [0.4, 0.5) is 5.69 Å². The lowest BCUT2D eigenvalue weighted by Crippen LogP contribution is -2.36. The first-order valence-electron chi connectivity index (χ1n) is 7.62. The Bertz CT molecular complexity index is 931. The smallest absolute Gasteiger partial charge is 0.238 e. The van der Waals surface area contributed by atoms with Crippen LogP contribution in [0, 0.1) is 0 Å². The molecule has 2 aromatic carbocycles. The summed E-state index contributed by atoms with van der Waals surface area (Å²) in [6.07, 6.45) is 0.598. The van der Waals surface area contributed by atoms with Crippen molar-refractivity contribution in [2.24, 2.45) is 5.14 Å². The van der Waals surface area contributed by atoms with Crippen LogP contribution in [0.25, 0.3) is 0 Å². The molecule has 0 fully saturated rings. The van der Waals surface area contributed by atoms with Gasteiger partial charge in [0.2, 0.25) is 15.9 Å². The number of sulfonamides is 1. The van der Waals surface area contributed by atoms with E-state index in [9.17, 15) is 13.2 Å². The minimum absolute atomic E-state index is 0.0370. The molecule has 0 bridgehead atoms. The zero-order valence-electron chi connectivity index (χ0n) is 13.5. The molecule has 25 heavy (non-hydrogen) atoms. The average Bonchev–Trinajstić information content (AvgIpc) is 2.88. The highest BCUT2D eigenvalue weighted by molar-refractivity contribution is 8.00. The fourth-order valence-corrected chi connectivity index (χ4v) is 4.60. The molecular formula is C17H17ClN2O3S2. The van der Waals surface area contributed by atoms with E-state index in [2.05, 4.69) is 0 Å². The third-order valence-electron chi connectivity index (χ3n) is 4.05. The van der Waals surface area contributed by atoms with E-state index < -0.39 is 10.0 Å². The van der Waals surface area contributed by atoms with E-state index in [4.69, 9.17) is 16.7 Å². The summed E-state index contributed by atoms with van der Waals surface area (Å²) in [5.41, 5.74) is 1.56. The fourth-order valence-electron chi connectivity index (χ4n) is 2.94. The highest BCUT2D eigenvalue weighted by Gasteiger charge is 2.31. The van der Waals surface area contributed by atoms with Crippen LogP contribution in [0.15, 0.2) is 52.3 Å². The van der Waals surface area contributed by atoms with Gasteiger partial charge in [0.15, 0.2) is 0 Å². The lowest BCUT2D eigenvalue weighted by atomic mass is 10.1. The summed E-state index contributed by atoms with van der Waals surface area (Å²) in [4.78, 5) is 15.3. The lowest BCUT2D eigenvalue weighted by Gasteiger charge is -2.22. The second-order valence-corrected chi connectivity index (χ2v) is 8.86. The van der Waals surface area contributed by atoms with Gasteiger partial charge in [0.25, 0.3) is 0 Å². The number of halogens is 1. The Kier molecular flexibility index (Phi) is 5.11. The zero-order chi connectivity index (χ0) is 18.2. The third-order valence-corrected chi connectivity index (χ3v) is 6.46. The van der Waals surface area contributed by atoms with Crippen molar-refractivity contribution in [3.8, 4) is 0 Å². The molecule has 1 heterocycles. The predicted molar refractivity (Wildman–Crippen MR) is 101 cm³/mol. The van der Waals surface area contributed by atoms with Crippen LogP contribution in [0.5, 0.6) is 0 Å². The van der Waals surface area contributed by atoms with Gasteiger partial charge in [-0.2, -0.15) is 0 Å². The van der Waals surface area contributed by atoms with Crippen molar-refractivity contribution in [2.45, 2.75) is 29.2 Å². The van der Waals surface area contributed by atoms with Crippen molar-refractivity contribution in [3.63, 3.8) is 0 Å². The molecule has 0 aromatic heterocycles. The van der Waals surface area contributed by atoms with Gasteiger partial charge in [0.05, 0.1) is 15.7 Å². The van der Waals surface area contributed by atoms with Gasteiger partial charge in [-0.15, -0.1) is 11.8 Å². The molecule has 1 atom stereocenters. The van der Waals surface area contributed by atoms with Gasteiger partial charge in [0.1, 0.15) is 0 Å². The van der Waals surface area contributed by atoms with E-state index >= 15 is 0 Å². The number of nitrogens with two attached hydrogens (primary N) is 1. The largest absolute Gasteiger partial charge is 0.308 e. The number of amides is 1. The van der Waals surface area contributed by atoms with Crippen molar-refractivity contribution in [1.29, 1.82) is 0 Å². The van der Waals surface area contributed by atoms with Crippen LogP contribution in [0.2, 0.25) is 5.02 Å². The normalized spacial score (nSPS) is 16.8. The van der Waals surface area contributed by atoms with Gasteiger partial charge in [-0.1, -0.05) is 23.7 Å². The molecular weight excluding hydrogens is 380 g/mol. The van der Waals surface area contributed by atoms with Gasteiger partial charge in [0, 0.05) is 16.6 Å². The highest BCUT2D eigenvalue weighted by Crippen LogP contribution is 2.35. The molecule has 8 heteroatoms. The number of carbonyl (C=O) groups is 1. The molecule has 1 amide bonds. The number of hydrogen-bond donors (Lipinski definition) is 1. The quantitative estimate of drug-likeness (QED) is 0.805. The number of carbonyl (C=O) groups excluding carboxylic acids is 1. The van der Waals surface area contributed by atoms with Crippen LogP contribution >= 0.6 is 23.4 Å². The number of anilines is 1. The summed E-state index contributed by atoms with van der Waals surface area (Å²) in [5, 5.41) is 5.80. The van der Waals surface area contributed by atoms with E-state index in [1.54, 1.807) is 23.1 Å². The van der Waals surface area contributed by atoms with Crippen molar-refractivity contribution >= 4 is 45.0 Å². The summed E-state index contributed by atoms with van der Waals surface area (Å²) in [5.74, 6) is 0.212. The van der Waals surface area contributed by atoms with Crippen LogP contribution in [-0.4, -0.2) is 26.1 Å². The molecule has 0 spiro atoms. The number of nitrogens with zero attached hydrogens (tertiary/aromatic N) is 1. The van der Waals surface area contributed by atoms with Gasteiger partial charge in [-0.25, -0.2) is 13.6 Å². The minimum atomic E-state index is -3.75. The van der Waals surface area contributed by atoms with Crippen LogP contribution in [0.3, 0.4) is 0 Å². The monoisotopic (exact) mass is 396 g/mol. The van der Waals surface area contributed by atoms with Crippen molar-refractivity contribution in [3.05, 3.63) is 53.1 Å². The Morgan fingerprint density at radius 1 is 1.32 bits per heavy atom. The van der Waals surface area contributed by atoms with Gasteiger partial charge in [-0.3, -0.25) is 4.79 Å². The molecule has 2 aromatic rings. The maximum Gasteiger partial charge on any atom is 0.238 e. The van der Waals surface area contributed by atoms with Crippen LogP contribution in [0.1, 0.15) is 12.5 Å². The first kappa shape index (κ1) is 18.3. The van der Waals surface area contributed by atoms with E-state index in [-0.39, 0.29) is 22.6 Å².